The average Bonchev–Trinajstić information content (AvgIpc) is 2.72. The van der Waals surface area contributed by atoms with Crippen molar-refractivity contribution in [2.24, 2.45) is 5.92 Å². The summed E-state index contributed by atoms with van der Waals surface area (Å²) in [6, 6.07) is 4.59. The van der Waals surface area contributed by atoms with Gasteiger partial charge < -0.3 is 25.4 Å². The predicted molar refractivity (Wildman–Crippen MR) is 147 cm³/mol. The second-order valence-corrected chi connectivity index (χ2v) is 12.2. The summed E-state index contributed by atoms with van der Waals surface area (Å²) < 4.78 is 5.43. The van der Waals surface area contributed by atoms with Crippen molar-refractivity contribution in [1.82, 2.24) is 15.5 Å². The van der Waals surface area contributed by atoms with E-state index in [0.717, 1.165) is 19.3 Å². The Balaban J connectivity index is 3.51. The second-order valence-electron chi connectivity index (χ2n) is 12.2. The van der Waals surface area contributed by atoms with Gasteiger partial charge >= 0.3 is 6.09 Å². The molecule has 2 unspecified atom stereocenters. The average molecular weight is 520 g/mol. The maximum Gasteiger partial charge on any atom is 0.408 e. The van der Waals surface area contributed by atoms with Gasteiger partial charge in [0.1, 0.15) is 23.4 Å². The molecule has 0 bridgehead atoms. The number of phenolic OH excluding ortho intramolecular Hbond substituents is 1. The van der Waals surface area contributed by atoms with Gasteiger partial charge in [-0.05, 0) is 78.0 Å². The fourth-order valence-electron chi connectivity index (χ4n) is 4.02. The lowest BCUT2D eigenvalue weighted by Gasteiger charge is -2.36. The Labute approximate surface area is 223 Å². The number of ether oxygens (including phenoxy) is 1. The van der Waals surface area contributed by atoms with Crippen molar-refractivity contribution in [3.8, 4) is 5.75 Å². The highest BCUT2D eigenvalue weighted by Gasteiger charge is 2.37. The monoisotopic (exact) mass is 519 g/mol. The number of unbranched alkanes of at least 4 members (excludes halogenated alkanes) is 3. The van der Waals surface area contributed by atoms with Gasteiger partial charge in [-0.3, -0.25) is 9.59 Å². The van der Waals surface area contributed by atoms with Crippen LogP contribution in [-0.4, -0.2) is 51.6 Å². The molecule has 0 radical (unpaired) electrons. The molecule has 37 heavy (non-hydrogen) atoms. The summed E-state index contributed by atoms with van der Waals surface area (Å²) in [5.74, 6) is -0.584. The Bertz CT molecular complexity index is 886. The molecule has 2 atom stereocenters. The summed E-state index contributed by atoms with van der Waals surface area (Å²) in [6.07, 6.45) is 3.37. The Morgan fingerprint density at radius 3 is 2.19 bits per heavy atom. The first-order chi connectivity index (χ1) is 17.0. The van der Waals surface area contributed by atoms with E-state index in [-0.39, 0.29) is 23.5 Å². The molecule has 0 aliphatic carbocycles. The second kappa shape index (κ2) is 14.2. The van der Waals surface area contributed by atoms with Gasteiger partial charge in [0.15, 0.2) is 0 Å². The van der Waals surface area contributed by atoms with Crippen LogP contribution in [0.5, 0.6) is 5.75 Å². The quantitative estimate of drug-likeness (QED) is 0.307. The number of carbonyl (C=O) groups is 3. The molecule has 3 amide bonds. The largest absolute Gasteiger partial charge is 0.508 e. The number of hydrogen-bond acceptors (Lipinski definition) is 5. The Morgan fingerprint density at radius 1 is 1.03 bits per heavy atom. The molecular formula is C29H49N3O5. The molecule has 210 valence electrons. The highest BCUT2D eigenvalue weighted by atomic mass is 16.6. The molecule has 0 saturated heterocycles. The van der Waals surface area contributed by atoms with Crippen molar-refractivity contribution >= 4 is 17.9 Å². The van der Waals surface area contributed by atoms with Gasteiger partial charge in [0.25, 0.3) is 0 Å². The van der Waals surface area contributed by atoms with E-state index in [1.165, 1.54) is 12.1 Å². The summed E-state index contributed by atoms with van der Waals surface area (Å²) in [4.78, 5) is 42.0. The van der Waals surface area contributed by atoms with Crippen LogP contribution >= 0.6 is 0 Å². The maximum absolute atomic E-state index is 14.1. The van der Waals surface area contributed by atoms with Crippen LogP contribution in [0.15, 0.2) is 24.3 Å². The Morgan fingerprint density at radius 2 is 1.68 bits per heavy atom. The van der Waals surface area contributed by atoms with Crippen LogP contribution in [-0.2, 0) is 14.3 Å². The number of nitrogens with one attached hydrogen (secondary N) is 2. The maximum atomic E-state index is 14.1. The number of hydrogen-bond donors (Lipinski definition) is 3. The number of nitrogens with zero attached hydrogens (tertiary/aromatic N) is 1. The highest BCUT2D eigenvalue weighted by molar-refractivity contribution is 5.92. The summed E-state index contributed by atoms with van der Waals surface area (Å²) in [7, 11) is 0. The number of aromatic hydroxyl groups is 1. The Hall–Kier alpha value is -2.77. The number of rotatable bonds is 12. The van der Waals surface area contributed by atoms with Crippen LogP contribution in [0.25, 0.3) is 0 Å². The molecule has 3 N–H and O–H groups in total. The normalized spacial score (nSPS) is 13.6. The van der Waals surface area contributed by atoms with Crippen LogP contribution in [0.4, 0.5) is 4.79 Å². The zero-order valence-electron chi connectivity index (χ0n) is 24.3. The molecule has 0 fully saturated rings. The van der Waals surface area contributed by atoms with Crippen LogP contribution in [0.2, 0.25) is 0 Å². The number of alkyl carbamates (subject to hydrolysis) is 1. The lowest BCUT2D eigenvalue weighted by Crippen LogP contribution is -2.55. The minimum Gasteiger partial charge on any atom is -0.508 e. The number of carbonyl (C=O) groups excluding carboxylic acids is 3. The van der Waals surface area contributed by atoms with E-state index < -0.39 is 29.3 Å². The third-order valence-electron chi connectivity index (χ3n) is 5.48. The molecule has 0 heterocycles. The van der Waals surface area contributed by atoms with Gasteiger partial charge in [-0.25, -0.2) is 4.79 Å². The van der Waals surface area contributed by atoms with E-state index in [2.05, 4.69) is 17.6 Å². The molecule has 1 rings (SSSR count). The van der Waals surface area contributed by atoms with Crippen LogP contribution in [0, 0.1) is 5.92 Å². The molecule has 0 saturated carbocycles. The Kier molecular flexibility index (Phi) is 12.4. The first-order valence-corrected chi connectivity index (χ1v) is 13.4. The summed E-state index contributed by atoms with van der Waals surface area (Å²) >= 11 is 0. The molecule has 8 heteroatoms. The molecule has 0 aliphatic heterocycles. The van der Waals surface area contributed by atoms with Crippen molar-refractivity contribution in [1.29, 1.82) is 0 Å². The third-order valence-corrected chi connectivity index (χ3v) is 5.48. The molecule has 1 aromatic carbocycles. The van der Waals surface area contributed by atoms with E-state index in [9.17, 15) is 19.5 Å². The molecule has 0 aliphatic rings. The van der Waals surface area contributed by atoms with Crippen LogP contribution in [0.1, 0.15) is 106 Å². The molecule has 8 nitrogen and oxygen atoms in total. The fraction of sp³-hybridized carbons (Fsp3) is 0.690. The van der Waals surface area contributed by atoms with Gasteiger partial charge in [0, 0.05) is 12.1 Å². The van der Waals surface area contributed by atoms with Crippen molar-refractivity contribution in [3.05, 3.63) is 29.8 Å². The summed E-state index contributed by atoms with van der Waals surface area (Å²) in [5, 5.41) is 15.9. The van der Waals surface area contributed by atoms with E-state index >= 15 is 0 Å². The first-order valence-electron chi connectivity index (χ1n) is 13.4. The summed E-state index contributed by atoms with van der Waals surface area (Å²) in [6.45, 7) is 17.3. The zero-order valence-corrected chi connectivity index (χ0v) is 24.3. The van der Waals surface area contributed by atoms with E-state index in [1.807, 2.05) is 34.6 Å². The van der Waals surface area contributed by atoms with Gasteiger partial charge in [0.05, 0.1) is 0 Å². The number of benzene rings is 1. The fourth-order valence-corrected chi connectivity index (χ4v) is 4.02. The van der Waals surface area contributed by atoms with Crippen molar-refractivity contribution in [3.63, 3.8) is 0 Å². The minimum atomic E-state index is -0.976. The van der Waals surface area contributed by atoms with E-state index in [0.29, 0.717) is 24.9 Å². The van der Waals surface area contributed by atoms with Crippen LogP contribution < -0.4 is 10.6 Å². The highest BCUT2D eigenvalue weighted by Crippen LogP contribution is 2.27. The SMILES string of the molecule is CCCCCCN(C(=O)C(CC(C)C)NC(=O)OC(C)(C)C)C(C(=O)NC(C)(C)C)c1cccc(O)c1. The van der Waals surface area contributed by atoms with Crippen LogP contribution in [0.3, 0.4) is 0 Å². The van der Waals surface area contributed by atoms with Gasteiger partial charge in [-0.15, -0.1) is 0 Å². The van der Waals surface area contributed by atoms with E-state index in [4.69, 9.17) is 4.74 Å². The minimum absolute atomic E-state index is 0.00931. The van der Waals surface area contributed by atoms with Crippen molar-refractivity contribution in [2.45, 2.75) is 118 Å². The number of phenols is 1. The molecule has 1 aromatic rings. The van der Waals surface area contributed by atoms with Crippen molar-refractivity contribution < 1.29 is 24.2 Å². The standard InChI is InChI=1S/C29H49N3O5/c1-10-11-12-13-17-32(26(35)23(18-20(2)3)30-27(36)37-29(7,8)9)24(25(34)31-28(4,5)6)21-15-14-16-22(33)19-21/h14-16,19-20,23-24,33H,10-13,17-18H2,1-9H3,(H,30,36)(H,31,34). The predicted octanol–water partition coefficient (Wildman–Crippen LogP) is 5.70. The third kappa shape index (κ3) is 12.3. The lowest BCUT2D eigenvalue weighted by atomic mass is 9.97. The first kappa shape index (κ1) is 32.3. The number of amides is 3. The zero-order chi connectivity index (χ0) is 28.4. The molecular weight excluding hydrogens is 470 g/mol. The molecule has 0 spiro atoms. The smallest absolute Gasteiger partial charge is 0.408 e. The van der Waals surface area contributed by atoms with Crippen molar-refractivity contribution in [2.75, 3.05) is 6.54 Å². The lowest BCUT2D eigenvalue weighted by molar-refractivity contribution is -0.143. The van der Waals surface area contributed by atoms with Gasteiger partial charge in [0.2, 0.25) is 11.8 Å². The van der Waals surface area contributed by atoms with E-state index in [1.54, 1.807) is 37.8 Å². The van der Waals surface area contributed by atoms with Gasteiger partial charge in [-0.1, -0.05) is 52.2 Å². The van der Waals surface area contributed by atoms with Gasteiger partial charge in [-0.2, -0.15) is 0 Å². The topological polar surface area (TPSA) is 108 Å². The summed E-state index contributed by atoms with van der Waals surface area (Å²) in [5.41, 5.74) is -0.743. The molecule has 0 aromatic heterocycles.